The first-order valence-corrected chi connectivity index (χ1v) is 11.2. The van der Waals surface area contributed by atoms with Gasteiger partial charge in [-0.15, -0.1) is 0 Å². The number of para-hydroxylation sites is 1. The van der Waals surface area contributed by atoms with Crippen LogP contribution >= 0.6 is 11.6 Å². The molecule has 0 saturated carbocycles. The predicted octanol–water partition coefficient (Wildman–Crippen LogP) is 2.44. The number of carbonyl (C=O) groups excluding carboxylic acids is 5. The standard InChI is InChI=1S/C24H22ClN5O5/c1-13-6-7-15(10-16(13)25)27-24(35)26-12-14-4-2-3-5-17(14)28-18-11-21(32)30(23(18)34)19-8-9-20(31)29-22(19)33/h2-7,10-11,19,28H,8-9,12H2,1H3,(H2,26,27,35)(H,29,31,33). The number of piperidine rings is 1. The number of imide groups is 2. The molecule has 1 unspecified atom stereocenters. The number of hydrogen-bond donors (Lipinski definition) is 4. The molecule has 0 bridgehead atoms. The third-order valence-corrected chi connectivity index (χ3v) is 6.04. The summed E-state index contributed by atoms with van der Waals surface area (Å²) in [5.41, 5.74) is 2.58. The van der Waals surface area contributed by atoms with E-state index < -0.39 is 35.7 Å². The van der Waals surface area contributed by atoms with Gasteiger partial charge in [0, 0.05) is 35.4 Å². The zero-order valence-electron chi connectivity index (χ0n) is 18.7. The van der Waals surface area contributed by atoms with Crippen LogP contribution in [-0.4, -0.2) is 40.6 Å². The number of amides is 6. The molecule has 1 saturated heterocycles. The molecule has 0 radical (unpaired) electrons. The van der Waals surface area contributed by atoms with Gasteiger partial charge in [-0.05, 0) is 42.7 Å². The number of aryl methyl sites for hydroxylation is 1. The summed E-state index contributed by atoms with van der Waals surface area (Å²) in [5, 5.41) is 11.1. The van der Waals surface area contributed by atoms with Gasteiger partial charge in [-0.25, -0.2) is 4.79 Å². The number of hydrogen-bond acceptors (Lipinski definition) is 6. The van der Waals surface area contributed by atoms with Crippen LogP contribution in [0, 0.1) is 6.92 Å². The summed E-state index contributed by atoms with van der Waals surface area (Å²) in [6, 6.07) is 10.6. The fourth-order valence-corrected chi connectivity index (χ4v) is 3.94. The lowest BCUT2D eigenvalue weighted by Crippen LogP contribution is -2.54. The van der Waals surface area contributed by atoms with E-state index in [9.17, 15) is 24.0 Å². The number of carbonyl (C=O) groups is 5. The second-order valence-electron chi connectivity index (χ2n) is 8.09. The van der Waals surface area contributed by atoms with Gasteiger partial charge in [0.2, 0.25) is 11.8 Å². The molecule has 11 heteroatoms. The average molecular weight is 496 g/mol. The van der Waals surface area contributed by atoms with Crippen molar-refractivity contribution in [2.45, 2.75) is 32.4 Å². The van der Waals surface area contributed by atoms with E-state index in [0.29, 0.717) is 22.0 Å². The zero-order chi connectivity index (χ0) is 25.1. The lowest BCUT2D eigenvalue weighted by Gasteiger charge is -2.28. The normalized spacial score (nSPS) is 17.7. The zero-order valence-corrected chi connectivity index (χ0v) is 19.4. The molecule has 0 aliphatic carbocycles. The Morgan fingerprint density at radius 1 is 1.14 bits per heavy atom. The molecule has 35 heavy (non-hydrogen) atoms. The first-order valence-electron chi connectivity index (χ1n) is 10.8. The highest BCUT2D eigenvalue weighted by molar-refractivity contribution is 6.31. The molecule has 180 valence electrons. The lowest BCUT2D eigenvalue weighted by molar-refractivity contribution is -0.149. The molecule has 1 atom stereocenters. The molecule has 2 heterocycles. The van der Waals surface area contributed by atoms with Crippen LogP contribution in [0.4, 0.5) is 16.2 Å². The van der Waals surface area contributed by atoms with Crippen molar-refractivity contribution < 1.29 is 24.0 Å². The molecule has 2 aromatic rings. The Hall–Kier alpha value is -4.18. The SMILES string of the molecule is Cc1ccc(NC(=O)NCc2ccccc2NC2=CC(=O)N(C3CCC(=O)NC3=O)C2=O)cc1Cl. The number of halogens is 1. The molecule has 10 nitrogen and oxygen atoms in total. The minimum Gasteiger partial charge on any atom is -0.351 e. The Kier molecular flexibility index (Phi) is 6.83. The Morgan fingerprint density at radius 3 is 2.66 bits per heavy atom. The Balaban J connectivity index is 1.40. The van der Waals surface area contributed by atoms with Crippen molar-refractivity contribution in [1.29, 1.82) is 0 Å². The predicted molar refractivity (Wildman–Crippen MR) is 128 cm³/mol. The summed E-state index contributed by atoms with van der Waals surface area (Å²) >= 11 is 6.09. The Morgan fingerprint density at radius 2 is 1.91 bits per heavy atom. The monoisotopic (exact) mass is 495 g/mol. The molecule has 2 aliphatic rings. The molecule has 1 fully saturated rings. The number of rotatable bonds is 6. The molecule has 4 N–H and O–H groups in total. The van der Waals surface area contributed by atoms with Crippen molar-refractivity contribution in [2.24, 2.45) is 0 Å². The lowest BCUT2D eigenvalue weighted by atomic mass is 10.0. The molecule has 6 amide bonds. The van der Waals surface area contributed by atoms with Crippen molar-refractivity contribution in [3.05, 3.63) is 70.4 Å². The summed E-state index contributed by atoms with van der Waals surface area (Å²) in [7, 11) is 0. The molecular weight excluding hydrogens is 474 g/mol. The fourth-order valence-electron chi connectivity index (χ4n) is 3.76. The van der Waals surface area contributed by atoms with Gasteiger partial charge in [0.05, 0.1) is 0 Å². The Labute approximate surface area is 205 Å². The van der Waals surface area contributed by atoms with E-state index in [1.807, 2.05) is 6.92 Å². The van der Waals surface area contributed by atoms with Crippen LogP contribution in [0.15, 0.2) is 54.2 Å². The second-order valence-corrected chi connectivity index (χ2v) is 8.50. The van der Waals surface area contributed by atoms with Gasteiger partial charge in [-0.1, -0.05) is 35.9 Å². The summed E-state index contributed by atoms with van der Waals surface area (Å²) in [5.74, 6) is -2.42. The summed E-state index contributed by atoms with van der Waals surface area (Å²) < 4.78 is 0. The fraction of sp³-hybridized carbons (Fsp3) is 0.208. The highest BCUT2D eigenvalue weighted by Crippen LogP contribution is 2.25. The van der Waals surface area contributed by atoms with E-state index in [0.717, 1.165) is 16.5 Å². The number of nitrogens with zero attached hydrogens (tertiary/aromatic N) is 1. The van der Waals surface area contributed by atoms with Crippen molar-refractivity contribution in [1.82, 2.24) is 15.5 Å². The van der Waals surface area contributed by atoms with Crippen molar-refractivity contribution in [3.8, 4) is 0 Å². The summed E-state index contributed by atoms with van der Waals surface area (Å²) in [4.78, 5) is 62.1. The molecule has 0 spiro atoms. The van der Waals surface area contributed by atoms with Gasteiger partial charge in [-0.3, -0.25) is 29.4 Å². The van der Waals surface area contributed by atoms with Crippen LogP contribution in [0.1, 0.15) is 24.0 Å². The van der Waals surface area contributed by atoms with E-state index in [-0.39, 0.29) is 25.1 Å². The molecule has 4 rings (SSSR count). The van der Waals surface area contributed by atoms with Crippen LogP contribution in [0.3, 0.4) is 0 Å². The van der Waals surface area contributed by atoms with Gasteiger partial charge in [-0.2, -0.15) is 0 Å². The van der Waals surface area contributed by atoms with E-state index in [2.05, 4.69) is 21.3 Å². The summed E-state index contributed by atoms with van der Waals surface area (Å²) in [6.07, 6.45) is 1.23. The molecule has 2 aromatic carbocycles. The van der Waals surface area contributed by atoms with Crippen molar-refractivity contribution in [2.75, 3.05) is 10.6 Å². The number of benzene rings is 2. The van der Waals surface area contributed by atoms with Crippen LogP contribution < -0.4 is 21.3 Å². The quantitative estimate of drug-likeness (QED) is 0.454. The Bertz CT molecular complexity index is 1270. The van der Waals surface area contributed by atoms with E-state index in [4.69, 9.17) is 11.6 Å². The minimum absolute atomic E-state index is 0.00843. The first-order chi connectivity index (χ1) is 16.7. The van der Waals surface area contributed by atoms with Crippen LogP contribution in [0.5, 0.6) is 0 Å². The van der Waals surface area contributed by atoms with E-state index in [1.165, 1.54) is 0 Å². The third-order valence-electron chi connectivity index (χ3n) is 5.63. The third kappa shape index (κ3) is 5.33. The minimum atomic E-state index is -1.04. The van der Waals surface area contributed by atoms with Crippen molar-refractivity contribution in [3.63, 3.8) is 0 Å². The van der Waals surface area contributed by atoms with Crippen LogP contribution in [0.25, 0.3) is 0 Å². The first kappa shape index (κ1) is 24.0. The number of anilines is 2. The maximum Gasteiger partial charge on any atom is 0.319 e. The number of urea groups is 1. The second kappa shape index (κ2) is 9.98. The topological polar surface area (TPSA) is 137 Å². The van der Waals surface area contributed by atoms with E-state index >= 15 is 0 Å². The highest BCUT2D eigenvalue weighted by Gasteiger charge is 2.42. The molecule has 2 aliphatic heterocycles. The maximum absolute atomic E-state index is 12.9. The highest BCUT2D eigenvalue weighted by atomic mass is 35.5. The van der Waals surface area contributed by atoms with Gasteiger partial charge < -0.3 is 16.0 Å². The van der Waals surface area contributed by atoms with Gasteiger partial charge in [0.25, 0.3) is 11.8 Å². The van der Waals surface area contributed by atoms with Crippen LogP contribution in [-0.2, 0) is 25.7 Å². The number of nitrogens with one attached hydrogen (secondary N) is 4. The van der Waals surface area contributed by atoms with Crippen molar-refractivity contribution >= 4 is 52.6 Å². The maximum atomic E-state index is 12.9. The van der Waals surface area contributed by atoms with Gasteiger partial charge >= 0.3 is 6.03 Å². The summed E-state index contributed by atoms with van der Waals surface area (Å²) in [6.45, 7) is 1.99. The van der Waals surface area contributed by atoms with Gasteiger partial charge in [0.1, 0.15) is 11.7 Å². The largest absolute Gasteiger partial charge is 0.351 e. The molecular formula is C24H22ClN5O5. The average Bonchev–Trinajstić information content (AvgIpc) is 3.08. The van der Waals surface area contributed by atoms with Gasteiger partial charge in [0.15, 0.2) is 0 Å². The molecule has 0 aromatic heterocycles. The van der Waals surface area contributed by atoms with Crippen LogP contribution in [0.2, 0.25) is 5.02 Å². The van der Waals surface area contributed by atoms with E-state index in [1.54, 1.807) is 42.5 Å². The smallest absolute Gasteiger partial charge is 0.319 e.